The smallest absolute Gasteiger partial charge is 0.328 e. The average molecular weight is 554 g/mol. The zero-order valence-electron chi connectivity index (χ0n) is 22.3. The number of carbonyl (C=O) groups is 2. The zero-order chi connectivity index (χ0) is 28.3. The molecule has 0 aliphatic heterocycles. The molecule has 39 heavy (non-hydrogen) atoms. The lowest BCUT2D eigenvalue weighted by molar-refractivity contribution is -0.141. The number of urea groups is 1. The number of nitrogens with one attached hydrogen (secondary N) is 3. The van der Waals surface area contributed by atoms with Crippen molar-refractivity contribution < 1.29 is 27.5 Å². The van der Waals surface area contributed by atoms with Crippen molar-refractivity contribution >= 4 is 27.6 Å². The van der Waals surface area contributed by atoms with Crippen LogP contribution in [-0.4, -0.2) is 39.6 Å². The summed E-state index contributed by atoms with van der Waals surface area (Å²) in [5, 5.41) is 5.09. The first-order valence-electron chi connectivity index (χ1n) is 12.6. The van der Waals surface area contributed by atoms with E-state index in [9.17, 15) is 18.0 Å². The predicted molar refractivity (Wildman–Crippen MR) is 149 cm³/mol. The Balaban J connectivity index is 1.81. The molecule has 0 aliphatic carbocycles. The lowest BCUT2D eigenvalue weighted by atomic mass is 9.86. The molecule has 0 saturated carbocycles. The number of benzene rings is 3. The van der Waals surface area contributed by atoms with Crippen molar-refractivity contribution in [2.75, 3.05) is 18.5 Å². The number of ether oxygens (including phenoxy) is 2. The summed E-state index contributed by atoms with van der Waals surface area (Å²) in [6.45, 7) is 6.36. The number of anilines is 1. The maximum absolute atomic E-state index is 13.6. The summed E-state index contributed by atoms with van der Waals surface area (Å²) in [5.74, 6) is -0.542. The number of amides is 3. The molecule has 0 aromatic heterocycles. The number of rotatable bonds is 13. The molecule has 0 bridgehead atoms. The molecule has 1 atom stereocenters. The zero-order valence-corrected chi connectivity index (χ0v) is 23.2. The number of carbonyl (C=O) groups excluding carboxylic acids is 2. The summed E-state index contributed by atoms with van der Waals surface area (Å²) in [5.41, 5.74) is 1.11. The van der Waals surface area contributed by atoms with E-state index >= 15 is 0 Å². The van der Waals surface area contributed by atoms with Crippen LogP contribution in [-0.2, 0) is 37.5 Å². The van der Waals surface area contributed by atoms with Gasteiger partial charge in [-0.05, 0) is 30.2 Å². The molecule has 1 unspecified atom stereocenters. The molecule has 10 heteroatoms. The summed E-state index contributed by atoms with van der Waals surface area (Å²) in [6.07, 6.45) is -0.999. The lowest BCUT2D eigenvalue weighted by Gasteiger charge is -2.33. The number of hydrogen-bond acceptors (Lipinski definition) is 6. The van der Waals surface area contributed by atoms with Gasteiger partial charge in [0.05, 0.1) is 25.5 Å². The molecular formula is C29H35N3O6S. The van der Waals surface area contributed by atoms with Gasteiger partial charge in [-0.25, -0.2) is 17.9 Å². The highest BCUT2D eigenvalue weighted by molar-refractivity contribution is 7.90. The summed E-state index contributed by atoms with van der Waals surface area (Å²) in [6, 6.07) is 24.1. The highest BCUT2D eigenvalue weighted by Crippen LogP contribution is 2.28. The lowest BCUT2D eigenvalue weighted by Crippen LogP contribution is -2.45. The Hall–Kier alpha value is -3.73. The molecule has 3 amide bonds. The van der Waals surface area contributed by atoms with E-state index in [1.165, 1.54) is 18.2 Å². The van der Waals surface area contributed by atoms with Crippen molar-refractivity contribution in [3.05, 3.63) is 96.1 Å². The average Bonchev–Trinajstić information content (AvgIpc) is 2.90. The Bertz CT molecular complexity index is 1330. The van der Waals surface area contributed by atoms with E-state index in [4.69, 9.17) is 9.47 Å². The molecule has 0 heterocycles. The normalized spacial score (nSPS) is 12.4. The fourth-order valence-electron chi connectivity index (χ4n) is 3.87. The fourth-order valence-corrected chi connectivity index (χ4v) is 4.96. The molecule has 208 valence electrons. The fraction of sp³-hybridized carbons (Fsp3) is 0.310. The minimum Gasteiger partial charge on any atom is -0.376 e. The van der Waals surface area contributed by atoms with E-state index < -0.39 is 33.5 Å². The molecule has 3 N–H and O–H groups in total. The van der Waals surface area contributed by atoms with Gasteiger partial charge in [-0.1, -0.05) is 86.6 Å². The maximum Gasteiger partial charge on any atom is 0.328 e. The number of para-hydroxylation sites is 1. The third kappa shape index (κ3) is 8.91. The molecule has 0 aliphatic rings. The van der Waals surface area contributed by atoms with Crippen LogP contribution in [0.4, 0.5) is 10.5 Å². The van der Waals surface area contributed by atoms with Gasteiger partial charge in [0.15, 0.2) is 0 Å². The van der Waals surface area contributed by atoms with Gasteiger partial charge in [0.25, 0.3) is 15.9 Å². The minimum absolute atomic E-state index is 0.0219. The van der Waals surface area contributed by atoms with E-state index in [1.807, 2.05) is 79.2 Å². The van der Waals surface area contributed by atoms with E-state index in [1.54, 1.807) is 13.0 Å². The van der Waals surface area contributed by atoms with Crippen LogP contribution >= 0.6 is 0 Å². The number of sulfonamides is 1. The Morgan fingerprint density at radius 1 is 0.846 bits per heavy atom. The molecular weight excluding hydrogens is 518 g/mol. The summed E-state index contributed by atoms with van der Waals surface area (Å²) < 4.78 is 39.8. The van der Waals surface area contributed by atoms with Gasteiger partial charge in [-0.15, -0.1) is 0 Å². The summed E-state index contributed by atoms with van der Waals surface area (Å²) >= 11 is 0. The maximum atomic E-state index is 13.6. The SMILES string of the molecule is CCNC(=O)NS(=O)(=O)c1ccccc1NC(=O)C(OCc1ccccc1)C(C)(C)COCc1ccccc1. The topological polar surface area (TPSA) is 123 Å². The molecule has 0 fully saturated rings. The minimum atomic E-state index is -4.26. The highest BCUT2D eigenvalue weighted by atomic mass is 32.2. The van der Waals surface area contributed by atoms with E-state index in [-0.39, 0.29) is 30.3 Å². The largest absolute Gasteiger partial charge is 0.376 e. The van der Waals surface area contributed by atoms with Gasteiger partial charge in [0.2, 0.25) is 0 Å². The van der Waals surface area contributed by atoms with Gasteiger partial charge >= 0.3 is 6.03 Å². The van der Waals surface area contributed by atoms with Crippen molar-refractivity contribution in [2.45, 2.75) is 45.0 Å². The molecule has 3 rings (SSSR count). The molecule has 0 spiro atoms. The second-order valence-corrected chi connectivity index (χ2v) is 11.2. The second kappa shape index (κ2) is 13.9. The molecule has 9 nitrogen and oxygen atoms in total. The molecule has 0 radical (unpaired) electrons. The van der Waals surface area contributed by atoms with E-state index in [0.29, 0.717) is 6.61 Å². The van der Waals surface area contributed by atoms with Crippen LogP contribution in [0.15, 0.2) is 89.8 Å². The predicted octanol–water partition coefficient (Wildman–Crippen LogP) is 4.46. The van der Waals surface area contributed by atoms with Gasteiger partial charge in [0.1, 0.15) is 11.0 Å². The first-order valence-corrected chi connectivity index (χ1v) is 14.1. The standard InChI is InChI=1S/C29H35N3O6S/c1-4-30-28(34)32-39(35,36)25-18-12-11-17-24(25)31-27(33)26(38-20-23-15-9-6-10-16-23)29(2,3)21-37-19-22-13-7-5-8-14-22/h5-18,26H,4,19-21H2,1-3H3,(H,31,33)(H2,30,32,34). The third-order valence-electron chi connectivity index (χ3n) is 5.79. The van der Waals surface area contributed by atoms with Gasteiger partial charge in [-0.2, -0.15) is 0 Å². The van der Waals surface area contributed by atoms with Crippen LogP contribution in [0.25, 0.3) is 0 Å². The Morgan fingerprint density at radius 2 is 1.41 bits per heavy atom. The van der Waals surface area contributed by atoms with Gasteiger partial charge < -0.3 is 20.1 Å². The van der Waals surface area contributed by atoms with Crippen molar-refractivity contribution in [3.63, 3.8) is 0 Å². The van der Waals surface area contributed by atoms with Gasteiger partial charge in [0, 0.05) is 12.0 Å². The Kier molecular flexibility index (Phi) is 10.6. The first-order chi connectivity index (χ1) is 18.6. The van der Waals surface area contributed by atoms with Crippen LogP contribution in [0.2, 0.25) is 0 Å². The Labute approximate surface area is 230 Å². The van der Waals surface area contributed by atoms with Crippen LogP contribution in [0.1, 0.15) is 31.9 Å². The first kappa shape index (κ1) is 29.8. The second-order valence-electron chi connectivity index (χ2n) is 9.59. The Morgan fingerprint density at radius 3 is 2.03 bits per heavy atom. The van der Waals surface area contributed by atoms with Crippen LogP contribution in [0.3, 0.4) is 0 Å². The van der Waals surface area contributed by atoms with Crippen molar-refractivity contribution in [1.29, 1.82) is 0 Å². The van der Waals surface area contributed by atoms with Crippen molar-refractivity contribution in [1.82, 2.24) is 10.0 Å². The van der Waals surface area contributed by atoms with Gasteiger partial charge in [-0.3, -0.25) is 4.79 Å². The van der Waals surface area contributed by atoms with Crippen LogP contribution in [0.5, 0.6) is 0 Å². The highest BCUT2D eigenvalue weighted by Gasteiger charge is 2.37. The van der Waals surface area contributed by atoms with Crippen molar-refractivity contribution in [3.8, 4) is 0 Å². The quantitative estimate of drug-likeness (QED) is 0.287. The summed E-state index contributed by atoms with van der Waals surface area (Å²) in [7, 11) is -4.26. The van der Waals surface area contributed by atoms with Crippen LogP contribution in [0, 0.1) is 5.41 Å². The van der Waals surface area contributed by atoms with Crippen LogP contribution < -0.4 is 15.4 Å². The van der Waals surface area contributed by atoms with E-state index in [0.717, 1.165) is 11.1 Å². The molecule has 0 saturated heterocycles. The summed E-state index contributed by atoms with van der Waals surface area (Å²) in [4.78, 5) is 25.3. The van der Waals surface area contributed by atoms with E-state index in [2.05, 4.69) is 10.6 Å². The molecule has 3 aromatic carbocycles. The third-order valence-corrected chi connectivity index (χ3v) is 7.18. The van der Waals surface area contributed by atoms with Crippen molar-refractivity contribution in [2.24, 2.45) is 5.41 Å². The monoisotopic (exact) mass is 553 g/mol. The molecule has 3 aromatic rings. The number of hydrogen-bond donors (Lipinski definition) is 3.